The van der Waals surface area contributed by atoms with Crippen molar-refractivity contribution in [1.82, 2.24) is 4.90 Å². The van der Waals surface area contributed by atoms with Crippen molar-refractivity contribution in [2.75, 3.05) is 25.0 Å². The summed E-state index contributed by atoms with van der Waals surface area (Å²) in [5.74, 6) is 0.240. The zero-order chi connectivity index (χ0) is 16.3. The number of aliphatic imine (C=N–C) groups is 1. The lowest BCUT2D eigenvalue weighted by molar-refractivity contribution is -0.143. The van der Waals surface area contributed by atoms with Crippen LogP contribution in [0.1, 0.15) is 17.5 Å². The molecule has 1 aliphatic heterocycles. The van der Waals surface area contributed by atoms with Crippen molar-refractivity contribution in [3.63, 3.8) is 0 Å². The number of aryl methyl sites for hydroxylation is 2. The van der Waals surface area contributed by atoms with Crippen LogP contribution < -0.4 is 11.1 Å². The molecule has 1 heterocycles. The highest BCUT2D eigenvalue weighted by molar-refractivity contribution is 5.92. The predicted octanol–water partition coefficient (Wildman–Crippen LogP) is 2.67. The van der Waals surface area contributed by atoms with Gasteiger partial charge in [-0.1, -0.05) is 6.07 Å². The van der Waals surface area contributed by atoms with Gasteiger partial charge in [-0.25, -0.2) is 4.99 Å². The lowest BCUT2D eigenvalue weighted by Gasteiger charge is -2.17. The molecular weight excluding hydrogens is 293 g/mol. The van der Waals surface area contributed by atoms with E-state index in [1.54, 1.807) is 0 Å². The largest absolute Gasteiger partial charge is 0.401 e. The first-order chi connectivity index (χ1) is 10.2. The Morgan fingerprint density at radius 3 is 2.55 bits per heavy atom. The molecule has 122 valence electrons. The molecule has 0 radical (unpaired) electrons. The van der Waals surface area contributed by atoms with Gasteiger partial charge in [0.1, 0.15) is 0 Å². The van der Waals surface area contributed by atoms with Gasteiger partial charge in [0, 0.05) is 18.8 Å². The summed E-state index contributed by atoms with van der Waals surface area (Å²) >= 11 is 0. The zero-order valence-electron chi connectivity index (χ0n) is 12.7. The van der Waals surface area contributed by atoms with Crippen LogP contribution in [0.25, 0.3) is 0 Å². The molecule has 1 atom stereocenters. The van der Waals surface area contributed by atoms with Crippen LogP contribution >= 0.6 is 0 Å². The average Bonchev–Trinajstić information content (AvgIpc) is 2.71. The molecule has 3 N–H and O–H groups in total. The Morgan fingerprint density at radius 2 is 1.95 bits per heavy atom. The number of guanidine groups is 1. The molecule has 0 aromatic heterocycles. The van der Waals surface area contributed by atoms with Gasteiger partial charge in [0.05, 0.1) is 12.6 Å². The topological polar surface area (TPSA) is 53.6 Å². The number of hydrogen-bond acceptors (Lipinski definition) is 2. The van der Waals surface area contributed by atoms with Crippen LogP contribution in [0.3, 0.4) is 0 Å². The van der Waals surface area contributed by atoms with Crippen LogP contribution in [0.15, 0.2) is 23.2 Å². The van der Waals surface area contributed by atoms with E-state index in [0.717, 1.165) is 16.8 Å². The Morgan fingerprint density at radius 1 is 1.32 bits per heavy atom. The summed E-state index contributed by atoms with van der Waals surface area (Å²) in [4.78, 5) is 5.64. The Labute approximate surface area is 128 Å². The Hall–Kier alpha value is -1.76. The number of alkyl halides is 3. The van der Waals surface area contributed by atoms with Gasteiger partial charge in [0.25, 0.3) is 0 Å². The van der Waals surface area contributed by atoms with E-state index in [-0.39, 0.29) is 18.5 Å². The molecule has 1 saturated heterocycles. The third kappa shape index (κ3) is 5.22. The molecule has 1 aromatic carbocycles. The van der Waals surface area contributed by atoms with Gasteiger partial charge in [-0.05, 0) is 43.5 Å². The SMILES string of the molecule is Cc1cc(C)cc(NC(N)=NC2CCN(CC(F)(F)F)C2)c1. The van der Waals surface area contributed by atoms with Gasteiger partial charge in [-0.3, -0.25) is 4.90 Å². The van der Waals surface area contributed by atoms with E-state index in [1.165, 1.54) is 4.90 Å². The number of rotatable bonds is 3. The fraction of sp³-hybridized carbons (Fsp3) is 0.533. The minimum Gasteiger partial charge on any atom is -0.370 e. The van der Waals surface area contributed by atoms with Crippen LogP contribution in [0.2, 0.25) is 0 Å². The molecule has 22 heavy (non-hydrogen) atoms. The third-order valence-corrected chi connectivity index (χ3v) is 3.47. The summed E-state index contributed by atoms with van der Waals surface area (Å²) in [5.41, 5.74) is 8.90. The molecule has 0 amide bonds. The Bertz CT molecular complexity index is 534. The summed E-state index contributed by atoms with van der Waals surface area (Å²) < 4.78 is 37.0. The molecule has 1 fully saturated rings. The van der Waals surface area contributed by atoms with Gasteiger partial charge in [-0.15, -0.1) is 0 Å². The number of nitrogens with one attached hydrogen (secondary N) is 1. The van der Waals surface area contributed by atoms with E-state index >= 15 is 0 Å². The molecule has 1 aliphatic rings. The van der Waals surface area contributed by atoms with E-state index in [4.69, 9.17) is 5.73 Å². The van der Waals surface area contributed by atoms with Crippen molar-refractivity contribution >= 4 is 11.6 Å². The second kappa shape index (κ2) is 6.56. The normalized spacial score (nSPS) is 20.4. The first kappa shape index (κ1) is 16.6. The van der Waals surface area contributed by atoms with Crippen molar-refractivity contribution in [3.05, 3.63) is 29.3 Å². The van der Waals surface area contributed by atoms with Crippen molar-refractivity contribution in [3.8, 4) is 0 Å². The van der Waals surface area contributed by atoms with Crippen molar-refractivity contribution < 1.29 is 13.2 Å². The highest BCUT2D eigenvalue weighted by atomic mass is 19.4. The lowest BCUT2D eigenvalue weighted by Crippen LogP contribution is -2.33. The van der Waals surface area contributed by atoms with Gasteiger partial charge in [0.15, 0.2) is 5.96 Å². The van der Waals surface area contributed by atoms with E-state index in [0.29, 0.717) is 13.0 Å². The molecule has 0 bridgehead atoms. The average molecular weight is 314 g/mol. The Kier molecular flexibility index (Phi) is 4.95. The zero-order valence-corrected chi connectivity index (χ0v) is 12.7. The molecular formula is C15H21F3N4. The highest BCUT2D eigenvalue weighted by Crippen LogP contribution is 2.21. The first-order valence-corrected chi connectivity index (χ1v) is 7.19. The second-order valence-electron chi connectivity index (χ2n) is 5.81. The highest BCUT2D eigenvalue weighted by Gasteiger charge is 2.34. The fourth-order valence-corrected chi connectivity index (χ4v) is 2.74. The van der Waals surface area contributed by atoms with Crippen molar-refractivity contribution in [2.24, 2.45) is 10.7 Å². The number of halogens is 3. The maximum atomic E-state index is 12.3. The van der Waals surface area contributed by atoms with E-state index < -0.39 is 12.7 Å². The Balaban J connectivity index is 1.93. The fourth-order valence-electron chi connectivity index (χ4n) is 2.74. The standard InChI is InChI=1S/C15H21F3N4/c1-10-5-11(2)7-13(6-10)21-14(19)20-12-3-4-22(8-12)9-15(16,17)18/h5-7,12H,3-4,8-9H2,1-2H3,(H3,19,20,21). The summed E-state index contributed by atoms with van der Waals surface area (Å²) in [5, 5.41) is 3.00. The van der Waals surface area contributed by atoms with Gasteiger partial charge < -0.3 is 11.1 Å². The molecule has 0 aliphatic carbocycles. The van der Waals surface area contributed by atoms with Gasteiger partial charge >= 0.3 is 6.18 Å². The smallest absolute Gasteiger partial charge is 0.370 e. The summed E-state index contributed by atoms with van der Waals surface area (Å²) in [6.45, 7) is 3.76. The molecule has 7 heteroatoms. The number of anilines is 1. The number of nitrogens with two attached hydrogens (primary N) is 1. The van der Waals surface area contributed by atoms with Crippen molar-refractivity contribution in [2.45, 2.75) is 32.5 Å². The number of benzene rings is 1. The van der Waals surface area contributed by atoms with Gasteiger partial charge in [0.2, 0.25) is 0 Å². The molecule has 0 saturated carbocycles. The number of hydrogen-bond donors (Lipinski definition) is 2. The van der Waals surface area contributed by atoms with Crippen molar-refractivity contribution in [1.29, 1.82) is 0 Å². The van der Waals surface area contributed by atoms with Crippen LogP contribution in [-0.2, 0) is 0 Å². The van der Waals surface area contributed by atoms with E-state index in [9.17, 15) is 13.2 Å². The summed E-state index contributed by atoms with van der Waals surface area (Å²) in [6.07, 6.45) is -3.58. The van der Waals surface area contributed by atoms with Gasteiger partial charge in [-0.2, -0.15) is 13.2 Å². The first-order valence-electron chi connectivity index (χ1n) is 7.19. The third-order valence-electron chi connectivity index (χ3n) is 3.47. The summed E-state index contributed by atoms with van der Waals surface area (Å²) in [7, 11) is 0. The molecule has 0 spiro atoms. The van der Waals surface area contributed by atoms with Crippen LogP contribution in [-0.4, -0.2) is 42.7 Å². The number of likely N-dealkylation sites (tertiary alicyclic amines) is 1. The minimum atomic E-state index is -4.17. The molecule has 4 nitrogen and oxygen atoms in total. The maximum absolute atomic E-state index is 12.3. The van der Waals surface area contributed by atoms with E-state index in [1.807, 2.05) is 32.0 Å². The minimum absolute atomic E-state index is 0.194. The summed E-state index contributed by atoms with van der Waals surface area (Å²) in [6, 6.07) is 5.74. The molecule has 1 unspecified atom stereocenters. The molecule has 2 rings (SSSR count). The maximum Gasteiger partial charge on any atom is 0.401 e. The lowest BCUT2D eigenvalue weighted by atomic mass is 10.1. The monoisotopic (exact) mass is 314 g/mol. The number of nitrogens with zero attached hydrogens (tertiary/aromatic N) is 2. The molecule has 1 aromatic rings. The van der Waals surface area contributed by atoms with Crippen LogP contribution in [0.4, 0.5) is 18.9 Å². The van der Waals surface area contributed by atoms with E-state index in [2.05, 4.69) is 10.3 Å². The van der Waals surface area contributed by atoms with Crippen LogP contribution in [0, 0.1) is 13.8 Å². The van der Waals surface area contributed by atoms with Crippen LogP contribution in [0.5, 0.6) is 0 Å². The second-order valence-corrected chi connectivity index (χ2v) is 5.81. The quantitative estimate of drug-likeness (QED) is 0.666. The predicted molar refractivity (Wildman–Crippen MR) is 82.1 cm³/mol.